The topological polar surface area (TPSA) is 26.7 Å². The van der Waals surface area contributed by atoms with Crippen LogP contribution < -0.4 is 4.90 Å². The van der Waals surface area contributed by atoms with Crippen molar-refractivity contribution in [3.05, 3.63) is 47.3 Å². The van der Waals surface area contributed by atoms with E-state index in [1.807, 2.05) is 18.2 Å². The Balaban J connectivity index is 1.65. The van der Waals surface area contributed by atoms with Gasteiger partial charge in [0.25, 0.3) is 0 Å². The third kappa shape index (κ3) is 2.35. The van der Waals surface area contributed by atoms with Gasteiger partial charge in [-0.3, -0.25) is 4.90 Å². The zero-order valence-electron chi connectivity index (χ0n) is 10.1. The molecule has 4 heteroatoms. The largest absolute Gasteiger partial charge is 0.508 e. The summed E-state index contributed by atoms with van der Waals surface area (Å²) in [4.78, 5) is 4.74. The molecule has 2 heterocycles. The number of rotatable bonds is 3. The van der Waals surface area contributed by atoms with Gasteiger partial charge in [0.15, 0.2) is 0 Å². The molecule has 0 atom stereocenters. The number of para-hydroxylation sites is 1. The van der Waals surface area contributed by atoms with E-state index in [0.717, 1.165) is 31.9 Å². The standard InChI is InChI=1S/C14H16N2OS/c17-13-5-2-1-4-12(13)10-15-7-8-16(11-15)14-6-3-9-18-14/h1-6,9,17H,7-8,10-11H2. The number of hydrogen-bond donors (Lipinski definition) is 1. The molecule has 3 nitrogen and oxygen atoms in total. The Hall–Kier alpha value is -1.52. The molecule has 1 aromatic carbocycles. The van der Waals surface area contributed by atoms with Crippen molar-refractivity contribution < 1.29 is 5.11 Å². The van der Waals surface area contributed by atoms with Gasteiger partial charge in [-0.05, 0) is 23.6 Å². The van der Waals surface area contributed by atoms with E-state index in [2.05, 4.69) is 27.3 Å². The summed E-state index contributed by atoms with van der Waals surface area (Å²) < 4.78 is 0. The van der Waals surface area contributed by atoms with Crippen LogP contribution in [0.3, 0.4) is 0 Å². The maximum absolute atomic E-state index is 9.78. The highest BCUT2D eigenvalue weighted by Crippen LogP contribution is 2.25. The summed E-state index contributed by atoms with van der Waals surface area (Å²) in [6.45, 7) is 3.86. The highest BCUT2D eigenvalue weighted by Gasteiger charge is 2.21. The van der Waals surface area contributed by atoms with Gasteiger partial charge in [-0.25, -0.2) is 0 Å². The monoisotopic (exact) mass is 260 g/mol. The van der Waals surface area contributed by atoms with Gasteiger partial charge in [0.2, 0.25) is 0 Å². The fourth-order valence-corrected chi connectivity index (χ4v) is 3.04. The Morgan fingerprint density at radius 3 is 2.78 bits per heavy atom. The van der Waals surface area contributed by atoms with E-state index in [-0.39, 0.29) is 0 Å². The average molecular weight is 260 g/mol. The number of phenols is 1. The lowest BCUT2D eigenvalue weighted by Crippen LogP contribution is -2.24. The summed E-state index contributed by atoms with van der Waals surface area (Å²) in [6, 6.07) is 11.8. The van der Waals surface area contributed by atoms with E-state index in [4.69, 9.17) is 0 Å². The summed E-state index contributed by atoms with van der Waals surface area (Å²) in [7, 11) is 0. The van der Waals surface area contributed by atoms with Crippen molar-refractivity contribution in [3.63, 3.8) is 0 Å². The fraction of sp³-hybridized carbons (Fsp3) is 0.286. The molecule has 0 amide bonds. The smallest absolute Gasteiger partial charge is 0.120 e. The van der Waals surface area contributed by atoms with E-state index >= 15 is 0 Å². The van der Waals surface area contributed by atoms with Crippen LogP contribution in [-0.4, -0.2) is 29.8 Å². The minimum atomic E-state index is 0.395. The molecular formula is C14H16N2OS. The van der Waals surface area contributed by atoms with Gasteiger partial charge in [0, 0.05) is 25.2 Å². The lowest BCUT2D eigenvalue weighted by molar-refractivity contribution is 0.326. The quantitative estimate of drug-likeness (QED) is 0.919. The molecule has 1 saturated heterocycles. The van der Waals surface area contributed by atoms with Gasteiger partial charge < -0.3 is 10.0 Å². The van der Waals surface area contributed by atoms with Crippen LogP contribution in [-0.2, 0) is 6.54 Å². The third-order valence-electron chi connectivity index (χ3n) is 3.26. The molecule has 0 bridgehead atoms. The minimum Gasteiger partial charge on any atom is -0.508 e. The van der Waals surface area contributed by atoms with Gasteiger partial charge in [0.05, 0.1) is 11.7 Å². The van der Waals surface area contributed by atoms with Crippen molar-refractivity contribution in [1.82, 2.24) is 4.90 Å². The van der Waals surface area contributed by atoms with Crippen molar-refractivity contribution in [2.75, 3.05) is 24.7 Å². The van der Waals surface area contributed by atoms with E-state index in [9.17, 15) is 5.11 Å². The van der Waals surface area contributed by atoms with Crippen LogP contribution in [0, 0.1) is 0 Å². The molecule has 1 aliphatic rings. The molecule has 94 valence electrons. The zero-order chi connectivity index (χ0) is 12.4. The van der Waals surface area contributed by atoms with Crippen LogP contribution in [0.4, 0.5) is 5.00 Å². The van der Waals surface area contributed by atoms with Gasteiger partial charge in [-0.15, -0.1) is 11.3 Å². The number of phenolic OH excluding ortho intramolecular Hbond substituents is 1. The summed E-state index contributed by atoms with van der Waals surface area (Å²) in [5.41, 5.74) is 1.01. The Morgan fingerprint density at radius 2 is 2.00 bits per heavy atom. The molecule has 0 radical (unpaired) electrons. The van der Waals surface area contributed by atoms with Crippen LogP contribution in [0.15, 0.2) is 41.8 Å². The van der Waals surface area contributed by atoms with Crippen molar-refractivity contribution in [2.45, 2.75) is 6.54 Å². The molecule has 3 rings (SSSR count). The second-order valence-electron chi connectivity index (χ2n) is 4.54. The van der Waals surface area contributed by atoms with E-state index < -0.39 is 0 Å². The normalized spacial score (nSPS) is 16.3. The highest BCUT2D eigenvalue weighted by atomic mass is 32.1. The first-order chi connectivity index (χ1) is 8.83. The second-order valence-corrected chi connectivity index (χ2v) is 5.46. The summed E-state index contributed by atoms with van der Waals surface area (Å²) in [6.07, 6.45) is 0. The SMILES string of the molecule is Oc1ccccc1CN1CCN(c2cccs2)C1. The average Bonchev–Trinajstić information content (AvgIpc) is 3.02. The van der Waals surface area contributed by atoms with Crippen LogP contribution >= 0.6 is 11.3 Å². The summed E-state index contributed by atoms with van der Waals surface area (Å²) in [5.74, 6) is 0.395. The van der Waals surface area contributed by atoms with Crippen molar-refractivity contribution in [3.8, 4) is 5.75 Å². The number of aromatic hydroxyl groups is 1. The number of nitrogens with zero attached hydrogens (tertiary/aromatic N) is 2. The maximum Gasteiger partial charge on any atom is 0.120 e. The Labute approximate surface area is 111 Å². The highest BCUT2D eigenvalue weighted by molar-refractivity contribution is 7.14. The Morgan fingerprint density at radius 1 is 1.11 bits per heavy atom. The number of anilines is 1. The Bertz CT molecular complexity index is 512. The molecule has 2 aromatic rings. The molecule has 0 spiro atoms. The van der Waals surface area contributed by atoms with Crippen LogP contribution in [0.5, 0.6) is 5.75 Å². The predicted molar refractivity (Wildman–Crippen MR) is 75.0 cm³/mol. The van der Waals surface area contributed by atoms with Crippen molar-refractivity contribution >= 4 is 16.3 Å². The lowest BCUT2D eigenvalue weighted by Gasteiger charge is -2.18. The first kappa shape index (κ1) is 11.6. The first-order valence-electron chi connectivity index (χ1n) is 6.10. The fourth-order valence-electron chi connectivity index (χ4n) is 2.29. The van der Waals surface area contributed by atoms with Crippen molar-refractivity contribution in [1.29, 1.82) is 0 Å². The first-order valence-corrected chi connectivity index (χ1v) is 6.98. The van der Waals surface area contributed by atoms with Gasteiger partial charge >= 0.3 is 0 Å². The molecular weight excluding hydrogens is 244 g/mol. The van der Waals surface area contributed by atoms with Crippen molar-refractivity contribution in [2.24, 2.45) is 0 Å². The zero-order valence-corrected chi connectivity index (χ0v) is 10.9. The molecule has 1 aromatic heterocycles. The maximum atomic E-state index is 9.78. The predicted octanol–water partition coefficient (Wildman–Crippen LogP) is 2.73. The molecule has 0 saturated carbocycles. The molecule has 1 N–H and O–H groups in total. The van der Waals surface area contributed by atoms with Crippen LogP contribution in [0.1, 0.15) is 5.56 Å². The summed E-state index contributed by atoms with van der Waals surface area (Å²) >= 11 is 1.78. The van der Waals surface area contributed by atoms with Crippen LogP contribution in [0.25, 0.3) is 0 Å². The minimum absolute atomic E-state index is 0.395. The molecule has 1 aliphatic heterocycles. The second kappa shape index (κ2) is 5.00. The van der Waals surface area contributed by atoms with Crippen LogP contribution in [0.2, 0.25) is 0 Å². The molecule has 18 heavy (non-hydrogen) atoms. The Kier molecular flexibility index (Phi) is 3.21. The number of benzene rings is 1. The van der Waals surface area contributed by atoms with E-state index in [0.29, 0.717) is 5.75 Å². The van der Waals surface area contributed by atoms with E-state index in [1.54, 1.807) is 17.4 Å². The lowest BCUT2D eigenvalue weighted by atomic mass is 10.2. The number of hydrogen-bond acceptors (Lipinski definition) is 4. The third-order valence-corrected chi connectivity index (χ3v) is 4.19. The van der Waals surface area contributed by atoms with Gasteiger partial charge in [-0.2, -0.15) is 0 Å². The molecule has 0 unspecified atom stereocenters. The van der Waals surface area contributed by atoms with E-state index in [1.165, 1.54) is 5.00 Å². The van der Waals surface area contributed by atoms with Gasteiger partial charge in [0.1, 0.15) is 5.75 Å². The molecule has 1 fully saturated rings. The summed E-state index contributed by atoms with van der Waals surface area (Å²) in [5, 5.41) is 13.2. The molecule has 0 aliphatic carbocycles. The van der Waals surface area contributed by atoms with Gasteiger partial charge in [-0.1, -0.05) is 18.2 Å². The number of thiophene rings is 1.